The van der Waals surface area contributed by atoms with Gasteiger partial charge in [0.2, 0.25) is 0 Å². The molecular formula is C21H37N5O. The molecule has 1 amide bonds. The van der Waals surface area contributed by atoms with Crippen LogP contribution in [0.2, 0.25) is 0 Å². The maximum atomic E-state index is 11.8. The van der Waals surface area contributed by atoms with Crippen molar-refractivity contribution in [2.24, 2.45) is 4.99 Å². The van der Waals surface area contributed by atoms with Gasteiger partial charge in [0.25, 0.3) is 5.91 Å². The highest BCUT2D eigenvalue weighted by atomic mass is 16.1. The van der Waals surface area contributed by atoms with Crippen molar-refractivity contribution in [2.75, 3.05) is 26.7 Å². The predicted molar refractivity (Wildman–Crippen MR) is 114 cm³/mol. The van der Waals surface area contributed by atoms with Gasteiger partial charge in [-0.25, -0.2) is 4.99 Å². The monoisotopic (exact) mass is 375 g/mol. The van der Waals surface area contributed by atoms with E-state index in [2.05, 4.69) is 60.5 Å². The standard InChI is InChI=1S/C21H37N5O/c1-7-23-21(24-12-9-13-26(16(2)3)17(4)5)25-15-18-10-8-11-19(14-18)20(27)22-6/h8,10-11,14,16-17H,7,9,12-13,15H2,1-6H3,(H,22,27)(H2,23,24,25). The molecule has 0 unspecified atom stereocenters. The molecule has 0 aliphatic heterocycles. The van der Waals surface area contributed by atoms with Gasteiger partial charge in [0.05, 0.1) is 6.54 Å². The van der Waals surface area contributed by atoms with Gasteiger partial charge in [-0.15, -0.1) is 0 Å². The first-order valence-corrected chi connectivity index (χ1v) is 9.98. The summed E-state index contributed by atoms with van der Waals surface area (Å²) in [6, 6.07) is 8.68. The lowest BCUT2D eigenvalue weighted by molar-refractivity contribution is 0.0963. The first kappa shape index (κ1) is 23.0. The molecule has 0 saturated carbocycles. The van der Waals surface area contributed by atoms with E-state index in [9.17, 15) is 4.79 Å². The molecule has 0 aromatic heterocycles. The zero-order valence-electron chi connectivity index (χ0n) is 17.8. The molecule has 6 nitrogen and oxygen atoms in total. The van der Waals surface area contributed by atoms with E-state index in [1.807, 2.05) is 24.3 Å². The predicted octanol–water partition coefficient (Wildman–Crippen LogP) is 2.61. The average Bonchev–Trinajstić information content (AvgIpc) is 2.64. The maximum Gasteiger partial charge on any atom is 0.251 e. The van der Waals surface area contributed by atoms with Gasteiger partial charge >= 0.3 is 0 Å². The van der Waals surface area contributed by atoms with Crippen LogP contribution in [0.4, 0.5) is 0 Å². The smallest absolute Gasteiger partial charge is 0.251 e. The Bertz CT molecular complexity index is 590. The quantitative estimate of drug-likeness (QED) is 0.334. The van der Waals surface area contributed by atoms with Crippen LogP contribution in [0.15, 0.2) is 29.3 Å². The van der Waals surface area contributed by atoms with Crippen LogP contribution in [0.25, 0.3) is 0 Å². The summed E-state index contributed by atoms with van der Waals surface area (Å²) in [6.07, 6.45) is 1.06. The number of guanidine groups is 1. The number of benzene rings is 1. The van der Waals surface area contributed by atoms with Crippen molar-refractivity contribution in [1.82, 2.24) is 20.9 Å². The number of rotatable bonds is 10. The van der Waals surface area contributed by atoms with Crippen molar-refractivity contribution in [3.05, 3.63) is 35.4 Å². The van der Waals surface area contributed by atoms with E-state index < -0.39 is 0 Å². The lowest BCUT2D eigenvalue weighted by atomic mass is 10.1. The molecule has 0 aliphatic rings. The van der Waals surface area contributed by atoms with Crippen LogP contribution >= 0.6 is 0 Å². The van der Waals surface area contributed by atoms with E-state index in [4.69, 9.17) is 0 Å². The van der Waals surface area contributed by atoms with Crippen LogP contribution in [0.1, 0.15) is 57.0 Å². The highest BCUT2D eigenvalue weighted by Gasteiger charge is 2.12. The highest BCUT2D eigenvalue weighted by molar-refractivity contribution is 5.94. The number of hydrogen-bond acceptors (Lipinski definition) is 3. The van der Waals surface area contributed by atoms with E-state index >= 15 is 0 Å². The number of nitrogens with one attached hydrogen (secondary N) is 3. The SMILES string of the molecule is CCNC(=NCc1cccc(C(=O)NC)c1)NCCCN(C(C)C)C(C)C. The normalized spacial score (nSPS) is 12.0. The van der Waals surface area contributed by atoms with Gasteiger partial charge in [-0.2, -0.15) is 0 Å². The second-order valence-corrected chi connectivity index (χ2v) is 7.18. The lowest BCUT2D eigenvalue weighted by Gasteiger charge is -2.30. The number of nitrogens with zero attached hydrogens (tertiary/aromatic N) is 2. The van der Waals surface area contributed by atoms with Crippen LogP contribution in [0.5, 0.6) is 0 Å². The minimum atomic E-state index is -0.0780. The molecule has 27 heavy (non-hydrogen) atoms. The number of aliphatic imine (C=N–C) groups is 1. The van der Waals surface area contributed by atoms with Crippen molar-refractivity contribution >= 4 is 11.9 Å². The average molecular weight is 376 g/mol. The lowest BCUT2D eigenvalue weighted by Crippen LogP contribution is -2.41. The Hall–Kier alpha value is -2.08. The van der Waals surface area contributed by atoms with Gasteiger partial charge in [0.1, 0.15) is 0 Å². The minimum absolute atomic E-state index is 0.0780. The Kier molecular flexibility index (Phi) is 10.5. The van der Waals surface area contributed by atoms with Crippen LogP contribution in [-0.2, 0) is 6.54 Å². The Morgan fingerprint density at radius 2 is 1.85 bits per heavy atom. The molecule has 1 aromatic rings. The van der Waals surface area contributed by atoms with Crippen molar-refractivity contribution < 1.29 is 4.79 Å². The number of carbonyl (C=O) groups excluding carboxylic acids is 1. The second kappa shape index (κ2) is 12.3. The summed E-state index contributed by atoms with van der Waals surface area (Å²) in [6.45, 7) is 14.3. The van der Waals surface area contributed by atoms with Crippen LogP contribution in [0, 0.1) is 0 Å². The molecule has 1 aromatic carbocycles. The molecule has 0 bridgehead atoms. The zero-order chi connectivity index (χ0) is 20.2. The summed E-state index contributed by atoms with van der Waals surface area (Å²) in [5.74, 6) is 0.731. The summed E-state index contributed by atoms with van der Waals surface area (Å²) in [5, 5.41) is 9.34. The molecule has 0 aliphatic carbocycles. The molecule has 3 N–H and O–H groups in total. The summed E-state index contributed by atoms with van der Waals surface area (Å²) in [5.41, 5.74) is 1.67. The molecule has 1 rings (SSSR count). The van der Waals surface area contributed by atoms with Gasteiger partial charge in [-0.05, 0) is 58.7 Å². The van der Waals surface area contributed by atoms with E-state index in [1.165, 1.54) is 0 Å². The third kappa shape index (κ3) is 8.43. The summed E-state index contributed by atoms with van der Waals surface area (Å²) >= 11 is 0. The summed E-state index contributed by atoms with van der Waals surface area (Å²) in [7, 11) is 1.64. The molecule has 152 valence electrons. The fourth-order valence-electron chi connectivity index (χ4n) is 3.05. The van der Waals surface area contributed by atoms with E-state index in [0.717, 1.165) is 37.6 Å². The fourth-order valence-corrected chi connectivity index (χ4v) is 3.05. The second-order valence-electron chi connectivity index (χ2n) is 7.18. The summed E-state index contributed by atoms with van der Waals surface area (Å²) < 4.78 is 0. The third-order valence-corrected chi connectivity index (χ3v) is 4.39. The Labute approximate surface area is 164 Å². The van der Waals surface area contributed by atoms with Gasteiger partial charge in [0.15, 0.2) is 5.96 Å². The number of amides is 1. The first-order valence-electron chi connectivity index (χ1n) is 9.98. The van der Waals surface area contributed by atoms with Crippen molar-refractivity contribution in [3.8, 4) is 0 Å². The molecule has 6 heteroatoms. The number of carbonyl (C=O) groups is 1. The molecule has 0 heterocycles. The van der Waals surface area contributed by atoms with Gasteiger partial charge in [-0.3, -0.25) is 9.69 Å². The van der Waals surface area contributed by atoms with Crippen molar-refractivity contribution in [1.29, 1.82) is 0 Å². The van der Waals surface area contributed by atoms with Crippen molar-refractivity contribution in [2.45, 2.75) is 59.7 Å². The molecule has 0 fully saturated rings. The minimum Gasteiger partial charge on any atom is -0.357 e. The van der Waals surface area contributed by atoms with Crippen LogP contribution in [0.3, 0.4) is 0 Å². The number of hydrogen-bond donors (Lipinski definition) is 3. The van der Waals surface area contributed by atoms with Crippen molar-refractivity contribution in [3.63, 3.8) is 0 Å². The maximum absolute atomic E-state index is 11.8. The van der Waals surface area contributed by atoms with E-state index in [-0.39, 0.29) is 5.91 Å². The van der Waals surface area contributed by atoms with Crippen LogP contribution < -0.4 is 16.0 Å². The molecular weight excluding hydrogens is 338 g/mol. The third-order valence-electron chi connectivity index (χ3n) is 4.39. The Morgan fingerprint density at radius 3 is 2.44 bits per heavy atom. The van der Waals surface area contributed by atoms with Gasteiger partial charge < -0.3 is 16.0 Å². The first-order chi connectivity index (χ1) is 12.9. The molecule has 0 saturated heterocycles. The zero-order valence-corrected chi connectivity index (χ0v) is 17.8. The highest BCUT2D eigenvalue weighted by Crippen LogP contribution is 2.07. The topological polar surface area (TPSA) is 68.8 Å². The molecule has 0 spiro atoms. The van der Waals surface area contributed by atoms with Gasteiger partial charge in [-0.1, -0.05) is 12.1 Å². The Morgan fingerprint density at radius 1 is 1.15 bits per heavy atom. The largest absolute Gasteiger partial charge is 0.357 e. The molecule has 0 radical (unpaired) electrons. The fraction of sp³-hybridized carbons (Fsp3) is 0.619. The summed E-state index contributed by atoms with van der Waals surface area (Å²) in [4.78, 5) is 18.9. The van der Waals surface area contributed by atoms with Gasteiger partial charge in [0, 0.05) is 44.3 Å². The molecule has 0 atom stereocenters. The van der Waals surface area contributed by atoms with Crippen LogP contribution in [-0.4, -0.2) is 55.5 Å². The van der Waals surface area contributed by atoms with E-state index in [1.54, 1.807) is 7.05 Å². The Balaban J connectivity index is 2.59. The van der Waals surface area contributed by atoms with E-state index in [0.29, 0.717) is 24.2 Å².